The lowest BCUT2D eigenvalue weighted by Crippen LogP contribution is -2.21. The largest absolute Gasteiger partial charge is 0.493 e. The predicted molar refractivity (Wildman–Crippen MR) is 112 cm³/mol. The van der Waals surface area contributed by atoms with Gasteiger partial charge in [-0.05, 0) is 41.8 Å². The maximum absolute atomic E-state index is 14.0. The molecule has 0 fully saturated rings. The Morgan fingerprint density at radius 1 is 1.07 bits per heavy atom. The monoisotopic (exact) mass is 426 g/mol. The minimum Gasteiger partial charge on any atom is -0.493 e. The number of halogens is 1. The van der Waals surface area contributed by atoms with Gasteiger partial charge in [-0.3, -0.25) is 4.72 Å². The van der Waals surface area contributed by atoms with Gasteiger partial charge in [0.1, 0.15) is 5.82 Å². The molecule has 2 aromatic carbocycles. The summed E-state index contributed by atoms with van der Waals surface area (Å²) in [5.41, 5.74) is 1.64. The highest BCUT2D eigenvalue weighted by atomic mass is 32.2. The zero-order valence-corrected chi connectivity index (χ0v) is 17.5. The average Bonchev–Trinajstić information content (AvgIpc) is 2.65. The molecule has 0 atom stereocenters. The lowest BCUT2D eigenvalue weighted by Gasteiger charge is -2.11. The molecule has 0 unspecified atom stereocenters. The van der Waals surface area contributed by atoms with Gasteiger partial charge in [-0.25, -0.2) is 12.8 Å². The van der Waals surface area contributed by atoms with Gasteiger partial charge in [0.2, 0.25) is 10.0 Å². The van der Waals surface area contributed by atoms with Crippen LogP contribution < -0.4 is 19.5 Å². The van der Waals surface area contributed by atoms with E-state index in [2.05, 4.69) is 10.0 Å². The average molecular weight is 427 g/mol. The summed E-state index contributed by atoms with van der Waals surface area (Å²) in [7, 11) is -0.351. The quantitative estimate of drug-likeness (QED) is 0.600. The second-order valence-electron chi connectivity index (χ2n) is 6.15. The fourth-order valence-corrected chi connectivity index (χ4v) is 3.27. The molecule has 2 rings (SSSR count). The topological polar surface area (TPSA) is 76.7 Å². The molecule has 152 valence electrons. The minimum atomic E-state index is -3.52. The molecule has 0 amide bonds. The highest BCUT2D eigenvalue weighted by Crippen LogP contribution is 2.28. The van der Waals surface area contributed by atoms with Gasteiger partial charge in [-0.15, -0.1) is 0 Å². The smallest absolute Gasteiger partial charge is 0.229 e. The number of hydrogen-bond donors (Lipinski definition) is 2. The van der Waals surface area contributed by atoms with E-state index in [0.29, 0.717) is 35.0 Å². The van der Waals surface area contributed by atoms with Gasteiger partial charge in [0.25, 0.3) is 0 Å². The molecule has 9 heteroatoms. The fraction of sp³-hybridized carbons (Fsp3) is 0.316. The van der Waals surface area contributed by atoms with Crippen LogP contribution >= 0.6 is 12.2 Å². The number of nitrogens with one attached hydrogen (secondary N) is 2. The zero-order chi connectivity index (χ0) is 20.7. The molecule has 2 N–H and O–H groups in total. The van der Waals surface area contributed by atoms with Crippen LogP contribution in [0.1, 0.15) is 17.5 Å². The van der Waals surface area contributed by atoms with E-state index < -0.39 is 15.8 Å². The van der Waals surface area contributed by atoms with E-state index in [4.69, 9.17) is 21.7 Å². The first-order valence-electron chi connectivity index (χ1n) is 8.45. The Labute approximate surface area is 170 Å². The summed E-state index contributed by atoms with van der Waals surface area (Å²) < 4.78 is 49.0. The molecular weight excluding hydrogens is 403 g/mol. The van der Waals surface area contributed by atoms with Gasteiger partial charge in [-0.2, -0.15) is 0 Å². The van der Waals surface area contributed by atoms with E-state index in [1.165, 1.54) is 12.1 Å². The first-order chi connectivity index (χ1) is 13.2. The predicted octanol–water partition coefficient (Wildman–Crippen LogP) is 3.26. The van der Waals surface area contributed by atoms with Gasteiger partial charge in [0, 0.05) is 13.0 Å². The second kappa shape index (κ2) is 9.70. The highest BCUT2D eigenvalue weighted by Gasteiger charge is 2.09. The van der Waals surface area contributed by atoms with Crippen LogP contribution in [0.5, 0.6) is 11.5 Å². The summed E-state index contributed by atoms with van der Waals surface area (Å²) in [6.07, 6.45) is 2.32. The SMILES string of the molecule is COc1ccc(CCC(=S)NCc2ccc(NS(C)(=O)=O)c(F)c2)cc1OC. The van der Waals surface area contributed by atoms with Gasteiger partial charge < -0.3 is 14.8 Å². The summed E-state index contributed by atoms with van der Waals surface area (Å²) >= 11 is 5.34. The number of aryl methyl sites for hydroxylation is 1. The second-order valence-corrected chi connectivity index (χ2v) is 8.40. The van der Waals surface area contributed by atoms with Crippen LogP contribution in [0.4, 0.5) is 10.1 Å². The van der Waals surface area contributed by atoms with Crippen molar-refractivity contribution in [2.75, 3.05) is 25.2 Å². The number of benzene rings is 2. The third-order valence-corrected chi connectivity index (χ3v) is 4.85. The normalized spacial score (nSPS) is 11.0. The molecule has 28 heavy (non-hydrogen) atoms. The van der Waals surface area contributed by atoms with Crippen LogP contribution in [0.25, 0.3) is 0 Å². The van der Waals surface area contributed by atoms with Gasteiger partial charge in [0.15, 0.2) is 11.5 Å². The fourth-order valence-electron chi connectivity index (χ4n) is 2.53. The van der Waals surface area contributed by atoms with E-state index in [1.807, 2.05) is 18.2 Å². The van der Waals surface area contributed by atoms with E-state index in [-0.39, 0.29) is 5.69 Å². The summed E-state index contributed by atoms with van der Waals surface area (Å²) in [4.78, 5) is 0.647. The van der Waals surface area contributed by atoms with Crippen molar-refractivity contribution in [1.29, 1.82) is 0 Å². The lowest BCUT2D eigenvalue weighted by molar-refractivity contribution is 0.354. The summed E-state index contributed by atoms with van der Waals surface area (Å²) in [5.74, 6) is 0.695. The van der Waals surface area contributed by atoms with Crippen LogP contribution in [0.3, 0.4) is 0 Å². The molecule has 2 aromatic rings. The highest BCUT2D eigenvalue weighted by molar-refractivity contribution is 7.92. The summed E-state index contributed by atoms with van der Waals surface area (Å²) in [5, 5.41) is 3.09. The van der Waals surface area contributed by atoms with Crippen molar-refractivity contribution < 1.29 is 22.3 Å². The molecule has 0 saturated heterocycles. The molecule has 0 saturated carbocycles. The maximum atomic E-state index is 14.0. The van der Waals surface area contributed by atoms with Gasteiger partial charge >= 0.3 is 0 Å². The molecule has 0 aliphatic heterocycles. The number of hydrogen-bond acceptors (Lipinski definition) is 5. The number of sulfonamides is 1. The molecule has 0 heterocycles. The maximum Gasteiger partial charge on any atom is 0.229 e. The van der Waals surface area contributed by atoms with E-state index in [0.717, 1.165) is 18.2 Å². The first-order valence-corrected chi connectivity index (χ1v) is 10.8. The van der Waals surface area contributed by atoms with Crippen molar-refractivity contribution in [1.82, 2.24) is 5.32 Å². The Morgan fingerprint density at radius 2 is 1.75 bits per heavy atom. The van der Waals surface area contributed by atoms with E-state index >= 15 is 0 Å². The number of methoxy groups -OCH3 is 2. The Balaban J connectivity index is 1.88. The molecule has 0 aliphatic carbocycles. The minimum absolute atomic E-state index is 0.0812. The molecule has 0 radical (unpaired) electrons. The molecular formula is C19H23FN2O4S2. The van der Waals surface area contributed by atoms with E-state index in [1.54, 1.807) is 20.3 Å². The van der Waals surface area contributed by atoms with Crippen LogP contribution in [0.2, 0.25) is 0 Å². The molecule has 0 aliphatic rings. The Morgan fingerprint density at radius 3 is 2.36 bits per heavy atom. The van der Waals surface area contributed by atoms with Crippen LogP contribution in [0, 0.1) is 5.82 Å². The van der Waals surface area contributed by atoms with Gasteiger partial charge in [0.05, 0.1) is 31.2 Å². The van der Waals surface area contributed by atoms with Crippen LogP contribution in [-0.4, -0.2) is 33.9 Å². The Hall–Kier alpha value is -2.39. The van der Waals surface area contributed by atoms with Crippen molar-refractivity contribution in [3.63, 3.8) is 0 Å². The summed E-state index contributed by atoms with van der Waals surface area (Å²) in [6.45, 7) is 0.348. The third kappa shape index (κ3) is 6.65. The standard InChI is InChI=1S/C19H23FN2O4S2/c1-25-17-8-5-13(11-18(17)26-2)6-9-19(27)21-12-14-4-7-16(15(20)10-14)22-28(3,23)24/h4-5,7-8,10-11,22H,6,9,12H2,1-3H3,(H,21,27). The lowest BCUT2D eigenvalue weighted by atomic mass is 10.1. The van der Waals surface area contributed by atoms with E-state index in [9.17, 15) is 12.8 Å². The third-order valence-electron chi connectivity index (χ3n) is 3.91. The van der Waals surface area contributed by atoms with Gasteiger partial charge in [-0.1, -0.05) is 24.4 Å². The molecule has 0 aromatic heterocycles. The molecule has 6 nitrogen and oxygen atoms in total. The number of thiocarbonyl (C=S) groups is 1. The van der Waals surface area contributed by atoms with Crippen LogP contribution in [0.15, 0.2) is 36.4 Å². The molecule has 0 bridgehead atoms. The Bertz CT molecular complexity index is 949. The number of ether oxygens (including phenoxy) is 2. The van der Waals surface area contributed by atoms with Crippen molar-refractivity contribution in [3.05, 3.63) is 53.3 Å². The summed E-state index contributed by atoms with van der Waals surface area (Å²) in [6, 6.07) is 10.0. The van der Waals surface area contributed by atoms with Crippen molar-refractivity contribution in [2.45, 2.75) is 19.4 Å². The number of rotatable bonds is 9. The zero-order valence-electron chi connectivity index (χ0n) is 15.9. The number of anilines is 1. The van der Waals surface area contributed by atoms with Crippen molar-refractivity contribution in [2.24, 2.45) is 0 Å². The van der Waals surface area contributed by atoms with Crippen LogP contribution in [-0.2, 0) is 23.0 Å². The first kappa shape index (κ1) is 21.9. The Kier molecular flexibility index (Phi) is 7.59. The molecule has 0 spiro atoms. The van der Waals surface area contributed by atoms with Crippen molar-refractivity contribution in [3.8, 4) is 11.5 Å². The van der Waals surface area contributed by atoms with Crippen molar-refractivity contribution >= 4 is 32.9 Å².